The zero-order chi connectivity index (χ0) is 27.0. The van der Waals surface area contributed by atoms with Gasteiger partial charge in [-0.1, -0.05) is 42.5 Å². The molecule has 1 saturated heterocycles. The van der Waals surface area contributed by atoms with Crippen molar-refractivity contribution in [3.63, 3.8) is 0 Å². The summed E-state index contributed by atoms with van der Waals surface area (Å²) in [6.07, 6.45) is 4.04. The number of pyridine rings is 1. The van der Waals surface area contributed by atoms with Gasteiger partial charge in [-0.25, -0.2) is 4.39 Å². The zero-order valence-corrected chi connectivity index (χ0v) is 21.6. The van der Waals surface area contributed by atoms with E-state index in [1.807, 2.05) is 48.5 Å². The molecule has 1 atom stereocenters. The van der Waals surface area contributed by atoms with Crippen LogP contribution in [-0.4, -0.2) is 34.3 Å². The van der Waals surface area contributed by atoms with Crippen LogP contribution < -0.4 is 10.1 Å². The Kier molecular flexibility index (Phi) is 8.26. The average molecular weight is 524 g/mol. The van der Waals surface area contributed by atoms with Gasteiger partial charge in [-0.3, -0.25) is 14.6 Å². The standard InChI is InChI=1S/C32H30FN3O3/c33-27-10-6-8-25(20-27)24-7-5-9-26(19-24)32(38)36(30-12-2-4-18-35-31(30)37)21-23-13-15-29(16-14-23)39-22-28-11-1-3-17-34-28/h1,3,5-11,13-17,19-20,30H,2,4,12,18,21-22H2,(H,35,37)/t30-/m0/s1. The molecule has 1 aliphatic heterocycles. The van der Waals surface area contributed by atoms with Gasteiger partial charge >= 0.3 is 0 Å². The van der Waals surface area contributed by atoms with Crippen LogP contribution in [0.2, 0.25) is 0 Å². The maximum atomic E-state index is 13.9. The molecule has 1 N–H and O–H groups in total. The minimum Gasteiger partial charge on any atom is -0.487 e. The molecule has 1 aromatic heterocycles. The van der Waals surface area contributed by atoms with E-state index in [4.69, 9.17) is 4.74 Å². The summed E-state index contributed by atoms with van der Waals surface area (Å²) in [6.45, 7) is 1.23. The molecule has 0 saturated carbocycles. The predicted octanol–water partition coefficient (Wildman–Crippen LogP) is 5.78. The molecule has 0 bridgehead atoms. The summed E-state index contributed by atoms with van der Waals surface area (Å²) in [5, 5.41) is 2.95. The van der Waals surface area contributed by atoms with Crippen LogP contribution in [0.25, 0.3) is 11.1 Å². The number of benzene rings is 3. The molecule has 0 radical (unpaired) electrons. The van der Waals surface area contributed by atoms with Gasteiger partial charge in [-0.15, -0.1) is 0 Å². The molecule has 39 heavy (non-hydrogen) atoms. The van der Waals surface area contributed by atoms with Gasteiger partial charge in [-0.05, 0) is 84.5 Å². The highest BCUT2D eigenvalue weighted by atomic mass is 19.1. The number of aromatic nitrogens is 1. The van der Waals surface area contributed by atoms with Gasteiger partial charge in [-0.2, -0.15) is 0 Å². The van der Waals surface area contributed by atoms with Crippen LogP contribution in [0.3, 0.4) is 0 Å². The fourth-order valence-corrected chi connectivity index (χ4v) is 4.74. The summed E-state index contributed by atoms with van der Waals surface area (Å²) in [7, 11) is 0. The summed E-state index contributed by atoms with van der Waals surface area (Å²) in [5.41, 5.74) is 3.58. The maximum absolute atomic E-state index is 13.9. The van der Waals surface area contributed by atoms with Gasteiger partial charge in [0.25, 0.3) is 5.91 Å². The number of carbonyl (C=O) groups excluding carboxylic acids is 2. The summed E-state index contributed by atoms with van der Waals surface area (Å²) >= 11 is 0. The third-order valence-electron chi connectivity index (χ3n) is 6.80. The Balaban J connectivity index is 1.38. The van der Waals surface area contributed by atoms with Crippen molar-refractivity contribution in [3.05, 3.63) is 120 Å². The summed E-state index contributed by atoms with van der Waals surface area (Å²) in [4.78, 5) is 32.8. The maximum Gasteiger partial charge on any atom is 0.254 e. The Labute approximate surface area is 227 Å². The minimum atomic E-state index is -0.585. The Hall–Kier alpha value is -4.52. The van der Waals surface area contributed by atoms with Crippen LogP contribution >= 0.6 is 0 Å². The first-order valence-corrected chi connectivity index (χ1v) is 13.1. The Morgan fingerprint density at radius 3 is 2.51 bits per heavy atom. The molecule has 2 heterocycles. The zero-order valence-electron chi connectivity index (χ0n) is 21.6. The van der Waals surface area contributed by atoms with Crippen molar-refractivity contribution in [3.8, 4) is 16.9 Å². The molecular weight excluding hydrogens is 493 g/mol. The van der Waals surface area contributed by atoms with E-state index in [9.17, 15) is 14.0 Å². The fourth-order valence-electron chi connectivity index (χ4n) is 4.74. The second-order valence-electron chi connectivity index (χ2n) is 9.58. The highest BCUT2D eigenvalue weighted by Gasteiger charge is 2.31. The molecule has 2 amide bonds. The van der Waals surface area contributed by atoms with E-state index in [2.05, 4.69) is 10.3 Å². The van der Waals surface area contributed by atoms with Crippen LogP contribution in [0.1, 0.15) is 40.9 Å². The fraction of sp³-hybridized carbons (Fsp3) is 0.219. The Bertz CT molecular complexity index is 1430. The van der Waals surface area contributed by atoms with E-state index >= 15 is 0 Å². The van der Waals surface area contributed by atoms with E-state index in [1.54, 1.807) is 41.4 Å². The minimum absolute atomic E-state index is 0.141. The highest BCUT2D eigenvalue weighted by molar-refractivity contribution is 5.98. The van der Waals surface area contributed by atoms with Crippen LogP contribution in [0.15, 0.2) is 97.2 Å². The van der Waals surface area contributed by atoms with Crippen molar-refractivity contribution in [1.82, 2.24) is 15.2 Å². The molecule has 4 aromatic rings. The first-order chi connectivity index (χ1) is 19.1. The van der Waals surface area contributed by atoms with Gasteiger partial charge in [0.1, 0.15) is 24.2 Å². The Morgan fingerprint density at radius 2 is 1.74 bits per heavy atom. The summed E-state index contributed by atoms with van der Waals surface area (Å²) < 4.78 is 19.7. The summed E-state index contributed by atoms with van der Waals surface area (Å²) in [6, 6.07) is 26.0. The van der Waals surface area contributed by atoms with Crippen LogP contribution in [0.4, 0.5) is 4.39 Å². The molecule has 198 valence electrons. The number of carbonyl (C=O) groups is 2. The van der Waals surface area contributed by atoms with E-state index in [0.29, 0.717) is 36.4 Å². The van der Waals surface area contributed by atoms with E-state index in [1.165, 1.54) is 12.1 Å². The smallest absolute Gasteiger partial charge is 0.254 e. The van der Waals surface area contributed by atoms with E-state index < -0.39 is 6.04 Å². The number of hydrogen-bond acceptors (Lipinski definition) is 4. The molecule has 5 rings (SSSR count). The summed E-state index contributed by atoms with van der Waals surface area (Å²) in [5.74, 6) is -0.0334. The topological polar surface area (TPSA) is 71.5 Å². The van der Waals surface area contributed by atoms with Gasteiger partial charge in [0, 0.05) is 24.8 Å². The van der Waals surface area contributed by atoms with Crippen molar-refractivity contribution in [1.29, 1.82) is 0 Å². The molecule has 1 aliphatic rings. The molecule has 6 nitrogen and oxygen atoms in total. The number of nitrogens with one attached hydrogen (secondary N) is 1. The third-order valence-corrected chi connectivity index (χ3v) is 6.80. The molecule has 1 fully saturated rings. The molecule has 0 spiro atoms. The number of halogens is 1. The van der Waals surface area contributed by atoms with E-state index in [0.717, 1.165) is 29.7 Å². The van der Waals surface area contributed by atoms with Gasteiger partial charge in [0.05, 0.1) is 5.69 Å². The van der Waals surface area contributed by atoms with Gasteiger partial charge in [0.15, 0.2) is 0 Å². The van der Waals surface area contributed by atoms with Gasteiger partial charge in [0.2, 0.25) is 5.91 Å². The second-order valence-corrected chi connectivity index (χ2v) is 9.58. The van der Waals surface area contributed by atoms with Crippen molar-refractivity contribution < 1.29 is 18.7 Å². The molecular formula is C32H30FN3O3. The van der Waals surface area contributed by atoms with Crippen LogP contribution in [0, 0.1) is 5.82 Å². The van der Waals surface area contributed by atoms with Crippen molar-refractivity contribution in [2.45, 2.75) is 38.5 Å². The number of ether oxygens (including phenoxy) is 1. The molecule has 7 heteroatoms. The largest absolute Gasteiger partial charge is 0.487 e. The van der Waals surface area contributed by atoms with Gasteiger partial charge < -0.3 is 15.0 Å². The number of nitrogens with zero attached hydrogens (tertiary/aromatic N) is 2. The van der Waals surface area contributed by atoms with Crippen LogP contribution in [-0.2, 0) is 17.9 Å². The highest BCUT2D eigenvalue weighted by Crippen LogP contribution is 2.25. The van der Waals surface area contributed by atoms with Crippen molar-refractivity contribution >= 4 is 11.8 Å². The monoisotopic (exact) mass is 523 g/mol. The number of rotatable bonds is 8. The lowest BCUT2D eigenvalue weighted by molar-refractivity contribution is -0.125. The first-order valence-electron chi connectivity index (χ1n) is 13.1. The van der Waals surface area contributed by atoms with E-state index in [-0.39, 0.29) is 24.2 Å². The lowest BCUT2D eigenvalue weighted by Gasteiger charge is -2.30. The molecule has 0 unspecified atom stereocenters. The molecule has 3 aromatic carbocycles. The van der Waals surface area contributed by atoms with Crippen molar-refractivity contribution in [2.75, 3.05) is 6.54 Å². The first kappa shape index (κ1) is 26.1. The quantitative estimate of drug-likeness (QED) is 0.318. The number of hydrogen-bond donors (Lipinski definition) is 1. The number of amides is 2. The SMILES string of the molecule is O=C1NCCCC[C@@H]1N(Cc1ccc(OCc2ccccn2)cc1)C(=O)c1cccc(-c2cccc(F)c2)c1. The third kappa shape index (κ3) is 6.68. The molecule has 0 aliphatic carbocycles. The Morgan fingerprint density at radius 1 is 0.949 bits per heavy atom. The lowest BCUT2D eigenvalue weighted by Crippen LogP contribution is -2.48. The predicted molar refractivity (Wildman–Crippen MR) is 147 cm³/mol. The van der Waals surface area contributed by atoms with Crippen molar-refractivity contribution in [2.24, 2.45) is 0 Å². The van der Waals surface area contributed by atoms with Crippen LogP contribution in [0.5, 0.6) is 5.75 Å². The average Bonchev–Trinajstić information content (AvgIpc) is 3.19. The normalized spacial score (nSPS) is 15.2. The lowest BCUT2D eigenvalue weighted by atomic mass is 10.0. The second kappa shape index (κ2) is 12.3.